The van der Waals surface area contributed by atoms with Gasteiger partial charge in [0.05, 0.1) is 5.69 Å². The van der Waals surface area contributed by atoms with Crippen molar-refractivity contribution in [3.05, 3.63) is 66.7 Å². The van der Waals surface area contributed by atoms with Crippen molar-refractivity contribution < 1.29 is 28.2 Å². The highest BCUT2D eigenvalue weighted by atomic mass is 19.1. The molecule has 3 amide bonds. The smallest absolute Gasteiger partial charge is 0.414 e. The molecule has 4 aromatic rings. The van der Waals surface area contributed by atoms with Crippen LogP contribution >= 0.6 is 0 Å². The number of imide groups is 1. The van der Waals surface area contributed by atoms with Gasteiger partial charge in [-0.05, 0) is 107 Å². The molecule has 0 aliphatic heterocycles. The summed E-state index contributed by atoms with van der Waals surface area (Å²) in [7, 11) is 0. The van der Waals surface area contributed by atoms with Crippen LogP contribution in [0.15, 0.2) is 60.9 Å². The Morgan fingerprint density at radius 2 is 1.59 bits per heavy atom. The van der Waals surface area contributed by atoms with Gasteiger partial charge in [0.25, 0.3) is 5.91 Å². The number of anilines is 1. The summed E-state index contributed by atoms with van der Waals surface area (Å²) in [5.41, 5.74) is 1.51. The van der Waals surface area contributed by atoms with Crippen LogP contribution in [0.3, 0.4) is 0 Å². The van der Waals surface area contributed by atoms with Crippen molar-refractivity contribution in [3.63, 3.8) is 0 Å². The Bertz CT molecular complexity index is 1670. The molecule has 11 nitrogen and oxygen atoms in total. The SMILES string of the molecule is CCCCCC(NC(=O)OC(C)(C)C(=O)NC(=O)OC(C)(C)C)Nc1ccc2c(-c3ccncc3)c(-c3ccc(F)cc3)[nH]c2n1. The van der Waals surface area contributed by atoms with Gasteiger partial charge >= 0.3 is 12.2 Å². The van der Waals surface area contributed by atoms with Gasteiger partial charge < -0.3 is 25.1 Å². The summed E-state index contributed by atoms with van der Waals surface area (Å²) in [6.07, 6.45) is 4.33. The number of amides is 3. The fourth-order valence-electron chi connectivity index (χ4n) is 4.76. The molecule has 0 bridgehead atoms. The van der Waals surface area contributed by atoms with Gasteiger partial charge in [-0.1, -0.05) is 19.8 Å². The Labute approximate surface area is 267 Å². The Morgan fingerprint density at radius 1 is 0.891 bits per heavy atom. The van der Waals surface area contributed by atoms with Crippen LogP contribution < -0.4 is 16.0 Å². The summed E-state index contributed by atoms with van der Waals surface area (Å²) in [6.45, 7) is 9.85. The van der Waals surface area contributed by atoms with Crippen molar-refractivity contribution in [2.45, 2.75) is 84.6 Å². The third-order valence-electron chi connectivity index (χ3n) is 6.98. The number of carbonyl (C=O) groups excluding carboxylic acids is 3. The molecule has 0 saturated carbocycles. The number of hydrogen-bond acceptors (Lipinski definition) is 8. The summed E-state index contributed by atoms with van der Waals surface area (Å²) in [5.74, 6) is -0.667. The van der Waals surface area contributed by atoms with Crippen LogP contribution in [0.25, 0.3) is 33.4 Å². The van der Waals surface area contributed by atoms with E-state index in [0.717, 1.165) is 47.0 Å². The highest BCUT2D eigenvalue weighted by molar-refractivity contribution is 6.03. The first-order chi connectivity index (χ1) is 21.8. The zero-order valence-corrected chi connectivity index (χ0v) is 27.0. The molecule has 1 aromatic carbocycles. The average Bonchev–Trinajstić information content (AvgIpc) is 3.35. The van der Waals surface area contributed by atoms with Gasteiger partial charge in [-0.25, -0.2) is 19.0 Å². The molecule has 12 heteroatoms. The third-order valence-corrected chi connectivity index (χ3v) is 6.98. The van der Waals surface area contributed by atoms with E-state index >= 15 is 0 Å². The summed E-state index contributed by atoms with van der Waals surface area (Å²) < 4.78 is 24.3. The van der Waals surface area contributed by atoms with Crippen molar-refractivity contribution in [1.82, 2.24) is 25.6 Å². The fourth-order valence-corrected chi connectivity index (χ4v) is 4.76. The molecule has 0 fully saturated rings. The molecule has 0 aliphatic carbocycles. The van der Waals surface area contributed by atoms with Gasteiger partial charge in [-0.3, -0.25) is 15.1 Å². The van der Waals surface area contributed by atoms with Crippen molar-refractivity contribution in [2.75, 3.05) is 5.32 Å². The van der Waals surface area contributed by atoms with Crippen LogP contribution in [0.4, 0.5) is 19.8 Å². The normalized spacial score (nSPS) is 12.3. The number of H-pyrrole nitrogens is 1. The first-order valence-corrected chi connectivity index (χ1v) is 15.3. The highest BCUT2D eigenvalue weighted by Crippen LogP contribution is 2.38. The number of nitrogens with zero attached hydrogens (tertiary/aromatic N) is 2. The van der Waals surface area contributed by atoms with E-state index in [4.69, 9.17) is 14.5 Å². The second-order valence-corrected chi connectivity index (χ2v) is 12.4. The Hall–Kier alpha value is -5.00. The number of carbonyl (C=O) groups is 3. The topological polar surface area (TPSA) is 147 Å². The molecule has 4 N–H and O–H groups in total. The van der Waals surface area contributed by atoms with Crippen LogP contribution in [-0.4, -0.2) is 50.4 Å². The van der Waals surface area contributed by atoms with Crippen LogP contribution in [0.1, 0.15) is 67.2 Å². The zero-order valence-electron chi connectivity index (χ0n) is 27.0. The molecule has 0 saturated heterocycles. The minimum Gasteiger partial charge on any atom is -0.444 e. The van der Waals surface area contributed by atoms with Crippen molar-refractivity contribution in [3.8, 4) is 22.4 Å². The lowest BCUT2D eigenvalue weighted by molar-refractivity contribution is -0.136. The van der Waals surface area contributed by atoms with Crippen molar-refractivity contribution >= 4 is 34.9 Å². The predicted molar refractivity (Wildman–Crippen MR) is 174 cm³/mol. The van der Waals surface area contributed by atoms with E-state index in [1.54, 1.807) is 45.3 Å². The lowest BCUT2D eigenvalue weighted by atomic mass is 10.00. The lowest BCUT2D eigenvalue weighted by Crippen LogP contribution is -2.51. The Morgan fingerprint density at radius 3 is 2.24 bits per heavy atom. The average molecular weight is 633 g/mol. The molecular weight excluding hydrogens is 591 g/mol. The van der Waals surface area contributed by atoms with Crippen molar-refractivity contribution in [1.29, 1.82) is 0 Å². The number of unbranched alkanes of at least 4 members (excludes halogenated alkanes) is 2. The number of fused-ring (bicyclic) bond motifs is 1. The molecular formula is C34H41FN6O5. The zero-order chi connectivity index (χ0) is 33.5. The Kier molecular flexibility index (Phi) is 10.6. The number of halogens is 1. The maximum Gasteiger partial charge on any atom is 0.414 e. The minimum atomic E-state index is -1.67. The molecule has 0 radical (unpaired) electrons. The van der Waals surface area contributed by atoms with Crippen LogP contribution in [0.5, 0.6) is 0 Å². The number of aromatic amines is 1. The van der Waals surface area contributed by atoms with Gasteiger partial charge in [0, 0.05) is 23.3 Å². The monoisotopic (exact) mass is 632 g/mol. The Balaban J connectivity index is 1.55. The van der Waals surface area contributed by atoms with E-state index in [9.17, 15) is 18.8 Å². The van der Waals surface area contributed by atoms with Gasteiger partial charge in [-0.15, -0.1) is 0 Å². The molecule has 46 heavy (non-hydrogen) atoms. The number of ether oxygens (including phenoxy) is 2. The lowest BCUT2D eigenvalue weighted by Gasteiger charge is -2.27. The second-order valence-electron chi connectivity index (χ2n) is 12.4. The molecule has 0 spiro atoms. The molecule has 3 heterocycles. The standard InChI is InChI=1S/C34H41FN6O5/c1-7-8-9-10-25(39-31(43)46-34(5,6)30(42)41-32(44)45-33(2,3)4)37-26-16-15-24-27(21-17-19-36-20-18-21)28(40-29(24)38-26)22-11-13-23(35)14-12-22/h11-20,25H,7-10H2,1-6H3,(H,39,43)(H2,37,38,40)(H,41,42,44). The van der Waals surface area contributed by atoms with Crippen LogP contribution in [0, 0.1) is 5.82 Å². The molecule has 1 atom stereocenters. The number of pyridine rings is 2. The minimum absolute atomic E-state index is 0.331. The van der Waals surface area contributed by atoms with Crippen LogP contribution in [0.2, 0.25) is 0 Å². The molecule has 0 aliphatic rings. The molecule has 244 valence electrons. The first-order valence-electron chi connectivity index (χ1n) is 15.3. The molecule has 3 aromatic heterocycles. The van der Waals surface area contributed by atoms with E-state index in [1.807, 2.05) is 24.3 Å². The number of benzene rings is 1. The quantitative estimate of drug-likeness (QED) is 0.0994. The number of hydrogen-bond donors (Lipinski definition) is 4. The third kappa shape index (κ3) is 9.02. The molecule has 4 rings (SSSR count). The number of rotatable bonds is 11. The predicted octanol–water partition coefficient (Wildman–Crippen LogP) is 7.31. The van der Waals surface area contributed by atoms with Gasteiger partial charge in [-0.2, -0.15) is 0 Å². The van der Waals surface area contributed by atoms with Crippen molar-refractivity contribution in [2.24, 2.45) is 0 Å². The fraction of sp³-hybridized carbons (Fsp3) is 0.382. The van der Waals surface area contributed by atoms with E-state index in [0.29, 0.717) is 17.9 Å². The van der Waals surface area contributed by atoms with E-state index < -0.39 is 35.5 Å². The van der Waals surface area contributed by atoms with E-state index in [-0.39, 0.29) is 5.82 Å². The largest absolute Gasteiger partial charge is 0.444 e. The summed E-state index contributed by atoms with van der Waals surface area (Å²) >= 11 is 0. The second kappa shape index (κ2) is 14.4. The number of aromatic nitrogens is 3. The number of nitrogens with one attached hydrogen (secondary N) is 4. The maximum atomic E-state index is 13.7. The number of alkyl carbamates (subject to hydrolysis) is 2. The molecule has 1 unspecified atom stereocenters. The maximum absolute atomic E-state index is 13.7. The summed E-state index contributed by atoms with van der Waals surface area (Å²) in [5, 5.41) is 9.02. The van der Waals surface area contributed by atoms with Gasteiger partial charge in [0.15, 0.2) is 5.60 Å². The van der Waals surface area contributed by atoms with E-state index in [2.05, 4.69) is 32.8 Å². The van der Waals surface area contributed by atoms with Gasteiger partial charge in [0.2, 0.25) is 0 Å². The van der Waals surface area contributed by atoms with E-state index in [1.165, 1.54) is 26.0 Å². The first kappa shape index (κ1) is 33.9. The highest BCUT2D eigenvalue weighted by Gasteiger charge is 2.35. The van der Waals surface area contributed by atoms with Gasteiger partial charge in [0.1, 0.15) is 29.0 Å². The summed E-state index contributed by atoms with van der Waals surface area (Å²) in [4.78, 5) is 50.1. The summed E-state index contributed by atoms with van der Waals surface area (Å²) in [6, 6.07) is 13.8. The van der Waals surface area contributed by atoms with Crippen LogP contribution in [-0.2, 0) is 14.3 Å².